The first-order valence-electron chi connectivity index (χ1n) is 9.96. The molecule has 1 fully saturated rings. The van der Waals surface area contributed by atoms with Gasteiger partial charge in [0.25, 0.3) is 0 Å². The van der Waals surface area contributed by atoms with E-state index in [2.05, 4.69) is 50.2 Å². The Morgan fingerprint density at radius 2 is 1.84 bits per heavy atom. The smallest absolute Gasteiger partial charge is 0.191 e. The molecule has 2 N–H and O–H groups in total. The van der Waals surface area contributed by atoms with E-state index in [0.717, 1.165) is 64.9 Å². The van der Waals surface area contributed by atoms with E-state index >= 15 is 0 Å². The van der Waals surface area contributed by atoms with Crippen LogP contribution in [0.3, 0.4) is 0 Å². The summed E-state index contributed by atoms with van der Waals surface area (Å²) in [5.41, 5.74) is 0. The molecule has 0 radical (unpaired) electrons. The van der Waals surface area contributed by atoms with Crippen molar-refractivity contribution in [3.63, 3.8) is 0 Å². The summed E-state index contributed by atoms with van der Waals surface area (Å²) in [6, 6.07) is 0.460. The topological polar surface area (TPSA) is 58.1 Å². The first-order valence-corrected chi connectivity index (χ1v) is 9.96. The Kier molecular flexibility index (Phi) is 11.9. The summed E-state index contributed by atoms with van der Waals surface area (Å²) in [6.45, 7) is 18.8. The largest absolute Gasteiger partial charge is 0.380 e. The molecule has 6 nitrogen and oxygen atoms in total. The highest BCUT2D eigenvalue weighted by atomic mass is 16.5. The van der Waals surface area contributed by atoms with Gasteiger partial charge in [-0.25, -0.2) is 0 Å². The maximum atomic E-state index is 5.66. The summed E-state index contributed by atoms with van der Waals surface area (Å²) in [4.78, 5) is 7.32. The molecule has 0 aromatic heterocycles. The zero-order valence-corrected chi connectivity index (χ0v) is 17.0. The maximum Gasteiger partial charge on any atom is 0.191 e. The first kappa shape index (κ1) is 22.2. The molecule has 0 saturated carbocycles. The van der Waals surface area contributed by atoms with Crippen LogP contribution >= 0.6 is 0 Å². The van der Waals surface area contributed by atoms with E-state index in [-0.39, 0.29) is 0 Å². The molecule has 0 aromatic rings. The van der Waals surface area contributed by atoms with Gasteiger partial charge in [0.15, 0.2) is 5.96 Å². The maximum absolute atomic E-state index is 5.66. The summed E-state index contributed by atoms with van der Waals surface area (Å²) in [7, 11) is 0. The van der Waals surface area contributed by atoms with Crippen molar-refractivity contribution in [2.24, 2.45) is 16.8 Å². The third kappa shape index (κ3) is 10.0. The SMILES string of the molecule is CCNC(=NCC(C(C)C)N1CCOCC1)NCCOCCC(C)C. The Morgan fingerprint density at radius 3 is 2.44 bits per heavy atom. The minimum atomic E-state index is 0.460. The van der Waals surface area contributed by atoms with E-state index in [4.69, 9.17) is 14.5 Å². The molecule has 1 saturated heterocycles. The summed E-state index contributed by atoms with van der Waals surface area (Å²) in [5.74, 6) is 2.15. The zero-order valence-electron chi connectivity index (χ0n) is 17.0. The van der Waals surface area contributed by atoms with Crippen LogP contribution in [-0.2, 0) is 9.47 Å². The molecule has 0 aliphatic carbocycles. The number of aliphatic imine (C=N–C) groups is 1. The summed E-state index contributed by atoms with van der Waals surface area (Å²) in [5, 5.41) is 6.71. The van der Waals surface area contributed by atoms with E-state index in [1.165, 1.54) is 0 Å². The fourth-order valence-electron chi connectivity index (χ4n) is 2.85. The number of nitrogens with one attached hydrogen (secondary N) is 2. The molecule has 0 amide bonds. The molecule has 148 valence electrons. The predicted molar refractivity (Wildman–Crippen MR) is 105 cm³/mol. The van der Waals surface area contributed by atoms with Gasteiger partial charge in [-0.05, 0) is 25.2 Å². The van der Waals surface area contributed by atoms with Gasteiger partial charge < -0.3 is 20.1 Å². The fourth-order valence-corrected chi connectivity index (χ4v) is 2.85. The van der Waals surface area contributed by atoms with Gasteiger partial charge in [0.2, 0.25) is 0 Å². The fraction of sp³-hybridized carbons (Fsp3) is 0.947. The van der Waals surface area contributed by atoms with E-state index in [9.17, 15) is 0 Å². The second-order valence-electron chi connectivity index (χ2n) is 7.40. The first-order chi connectivity index (χ1) is 12.0. The zero-order chi connectivity index (χ0) is 18.5. The minimum Gasteiger partial charge on any atom is -0.380 e. The lowest BCUT2D eigenvalue weighted by Crippen LogP contribution is -2.48. The molecule has 25 heavy (non-hydrogen) atoms. The minimum absolute atomic E-state index is 0.460. The number of hydrogen-bond acceptors (Lipinski definition) is 4. The van der Waals surface area contributed by atoms with Gasteiger partial charge in [-0.3, -0.25) is 9.89 Å². The lowest BCUT2D eigenvalue weighted by Gasteiger charge is -2.36. The Balaban J connectivity index is 2.40. The molecule has 0 spiro atoms. The van der Waals surface area contributed by atoms with Gasteiger partial charge >= 0.3 is 0 Å². The van der Waals surface area contributed by atoms with Crippen molar-refractivity contribution in [2.75, 3.05) is 59.2 Å². The summed E-state index contributed by atoms with van der Waals surface area (Å²) >= 11 is 0. The quantitative estimate of drug-likeness (QED) is 0.337. The molecular formula is C19H40N4O2. The average Bonchev–Trinajstić information content (AvgIpc) is 2.58. The predicted octanol–water partition coefficient (Wildman–Crippen LogP) is 1.96. The normalized spacial score (nSPS) is 18.0. The molecule has 1 heterocycles. The van der Waals surface area contributed by atoms with E-state index in [0.29, 0.717) is 24.5 Å². The van der Waals surface area contributed by atoms with Gasteiger partial charge in [-0.15, -0.1) is 0 Å². The summed E-state index contributed by atoms with van der Waals surface area (Å²) < 4.78 is 11.1. The Hall–Kier alpha value is -0.850. The van der Waals surface area contributed by atoms with Crippen LogP contribution in [0.1, 0.15) is 41.0 Å². The monoisotopic (exact) mass is 356 g/mol. The van der Waals surface area contributed by atoms with E-state index in [1.54, 1.807) is 0 Å². The number of rotatable bonds is 11. The third-order valence-electron chi connectivity index (χ3n) is 4.44. The molecule has 1 rings (SSSR count). The highest BCUT2D eigenvalue weighted by Crippen LogP contribution is 2.13. The van der Waals surface area contributed by atoms with Crippen molar-refractivity contribution in [1.29, 1.82) is 0 Å². The number of morpholine rings is 1. The van der Waals surface area contributed by atoms with Crippen molar-refractivity contribution >= 4 is 5.96 Å². The van der Waals surface area contributed by atoms with Gasteiger partial charge in [0, 0.05) is 38.8 Å². The van der Waals surface area contributed by atoms with Crippen molar-refractivity contribution in [2.45, 2.75) is 47.1 Å². The van der Waals surface area contributed by atoms with Crippen LogP contribution in [0.15, 0.2) is 4.99 Å². The molecule has 1 atom stereocenters. The van der Waals surface area contributed by atoms with E-state index < -0.39 is 0 Å². The number of hydrogen-bond donors (Lipinski definition) is 2. The molecule has 6 heteroatoms. The third-order valence-corrected chi connectivity index (χ3v) is 4.44. The van der Waals surface area contributed by atoms with Crippen molar-refractivity contribution in [1.82, 2.24) is 15.5 Å². The van der Waals surface area contributed by atoms with Crippen LogP contribution in [-0.4, -0.2) is 76.1 Å². The lowest BCUT2D eigenvalue weighted by molar-refractivity contribution is 0.00867. The molecular weight excluding hydrogens is 316 g/mol. The number of ether oxygens (including phenoxy) is 2. The van der Waals surface area contributed by atoms with Crippen LogP contribution in [0.5, 0.6) is 0 Å². The van der Waals surface area contributed by atoms with Gasteiger partial charge in [-0.1, -0.05) is 27.7 Å². The van der Waals surface area contributed by atoms with Crippen molar-refractivity contribution in [3.8, 4) is 0 Å². The van der Waals surface area contributed by atoms with Gasteiger partial charge in [0.05, 0.1) is 26.4 Å². The Labute approximate surface area is 154 Å². The second-order valence-corrected chi connectivity index (χ2v) is 7.40. The Bertz CT molecular complexity index is 355. The molecule has 1 unspecified atom stereocenters. The average molecular weight is 357 g/mol. The van der Waals surface area contributed by atoms with Crippen LogP contribution in [0.25, 0.3) is 0 Å². The summed E-state index contributed by atoms with van der Waals surface area (Å²) in [6.07, 6.45) is 1.11. The lowest BCUT2D eigenvalue weighted by atomic mass is 10.0. The second kappa shape index (κ2) is 13.4. The van der Waals surface area contributed by atoms with Gasteiger partial charge in [0.1, 0.15) is 0 Å². The van der Waals surface area contributed by atoms with E-state index in [1.807, 2.05) is 0 Å². The van der Waals surface area contributed by atoms with Crippen LogP contribution in [0.4, 0.5) is 0 Å². The van der Waals surface area contributed by atoms with Crippen molar-refractivity contribution < 1.29 is 9.47 Å². The molecule has 0 bridgehead atoms. The standard InChI is InChI=1S/C19H40N4O2/c1-6-20-19(21-8-12-24-11-7-16(2)3)22-15-18(17(4)5)23-9-13-25-14-10-23/h16-18H,6-15H2,1-5H3,(H2,20,21,22). The number of guanidine groups is 1. The number of nitrogens with zero attached hydrogens (tertiary/aromatic N) is 2. The van der Waals surface area contributed by atoms with Crippen molar-refractivity contribution in [3.05, 3.63) is 0 Å². The van der Waals surface area contributed by atoms with Crippen LogP contribution < -0.4 is 10.6 Å². The van der Waals surface area contributed by atoms with Crippen LogP contribution in [0, 0.1) is 11.8 Å². The molecule has 1 aliphatic rings. The highest BCUT2D eigenvalue weighted by Gasteiger charge is 2.23. The van der Waals surface area contributed by atoms with Crippen LogP contribution in [0.2, 0.25) is 0 Å². The molecule has 1 aliphatic heterocycles. The Morgan fingerprint density at radius 1 is 1.12 bits per heavy atom. The van der Waals surface area contributed by atoms with Gasteiger partial charge in [-0.2, -0.15) is 0 Å². The highest BCUT2D eigenvalue weighted by molar-refractivity contribution is 5.79. The molecule has 0 aromatic carbocycles.